The van der Waals surface area contributed by atoms with Gasteiger partial charge in [-0.2, -0.15) is 0 Å². The average Bonchev–Trinajstić information content (AvgIpc) is 2.84. The van der Waals surface area contributed by atoms with Crippen LogP contribution in [0.2, 0.25) is 0 Å². The second-order valence-electron chi connectivity index (χ2n) is 4.54. The Kier molecular flexibility index (Phi) is 3.00. The number of benzene rings is 1. The molecule has 0 aliphatic heterocycles. The van der Waals surface area contributed by atoms with Crippen LogP contribution >= 0.6 is 0 Å². The van der Waals surface area contributed by atoms with Gasteiger partial charge in [-0.25, -0.2) is 13.8 Å². The quantitative estimate of drug-likeness (QED) is 0.847. The molecule has 1 aliphatic carbocycles. The molecule has 0 N–H and O–H groups in total. The van der Waals surface area contributed by atoms with Gasteiger partial charge in [0.1, 0.15) is 0 Å². The first-order valence-electron chi connectivity index (χ1n) is 6.16. The number of halogens is 2. The highest BCUT2D eigenvalue weighted by Crippen LogP contribution is 2.31. The minimum absolute atomic E-state index is 0.0469. The highest BCUT2D eigenvalue weighted by Gasteiger charge is 2.25. The van der Waals surface area contributed by atoms with Crippen molar-refractivity contribution in [2.24, 2.45) is 0 Å². The van der Waals surface area contributed by atoms with E-state index in [2.05, 4.69) is 9.72 Å². The van der Waals surface area contributed by atoms with Crippen molar-refractivity contribution in [2.75, 3.05) is 7.11 Å². The first kappa shape index (κ1) is 12.8. The molecule has 104 valence electrons. The minimum Gasteiger partial charge on any atom is -0.491 e. The number of hydrogen-bond donors (Lipinski definition) is 0. The van der Waals surface area contributed by atoms with Gasteiger partial charge in [-0.05, 0) is 25.0 Å². The lowest BCUT2D eigenvalue weighted by atomic mass is 10.0. The SMILES string of the molecule is COc1c(F)cc(-c2nc3c(o2)C(=O)CCC3)cc1F. The lowest BCUT2D eigenvalue weighted by Crippen LogP contribution is -2.08. The molecule has 1 aromatic carbocycles. The number of Topliss-reactive ketones (excluding diaryl/α,β-unsaturated/α-hetero) is 1. The third kappa shape index (κ3) is 1.97. The van der Waals surface area contributed by atoms with E-state index >= 15 is 0 Å². The van der Waals surface area contributed by atoms with E-state index < -0.39 is 17.4 Å². The Balaban J connectivity index is 2.08. The molecule has 1 aromatic heterocycles. The van der Waals surface area contributed by atoms with Gasteiger partial charge in [-0.3, -0.25) is 4.79 Å². The van der Waals surface area contributed by atoms with Crippen LogP contribution in [-0.2, 0) is 6.42 Å². The van der Waals surface area contributed by atoms with Crippen LogP contribution in [0.3, 0.4) is 0 Å². The van der Waals surface area contributed by atoms with Gasteiger partial charge < -0.3 is 9.15 Å². The van der Waals surface area contributed by atoms with Crippen LogP contribution < -0.4 is 4.74 Å². The molecule has 0 saturated carbocycles. The van der Waals surface area contributed by atoms with Crippen LogP contribution in [0, 0.1) is 11.6 Å². The lowest BCUT2D eigenvalue weighted by molar-refractivity contribution is 0.0944. The fourth-order valence-corrected chi connectivity index (χ4v) is 2.27. The molecule has 3 rings (SSSR count). The van der Waals surface area contributed by atoms with Crippen molar-refractivity contribution in [1.82, 2.24) is 4.98 Å². The van der Waals surface area contributed by atoms with Gasteiger partial charge in [-0.15, -0.1) is 0 Å². The second-order valence-corrected chi connectivity index (χ2v) is 4.54. The number of carbonyl (C=O) groups is 1. The number of ether oxygens (including phenoxy) is 1. The predicted octanol–water partition coefficient (Wildman–Crippen LogP) is 3.15. The Morgan fingerprint density at radius 2 is 1.95 bits per heavy atom. The van der Waals surface area contributed by atoms with Crippen molar-refractivity contribution in [2.45, 2.75) is 19.3 Å². The van der Waals surface area contributed by atoms with Gasteiger partial charge in [0, 0.05) is 12.0 Å². The van der Waals surface area contributed by atoms with Gasteiger partial charge in [0.15, 0.2) is 28.9 Å². The first-order valence-corrected chi connectivity index (χ1v) is 6.16. The zero-order valence-corrected chi connectivity index (χ0v) is 10.7. The van der Waals surface area contributed by atoms with E-state index in [1.54, 1.807) is 0 Å². The van der Waals surface area contributed by atoms with Crippen molar-refractivity contribution < 1.29 is 22.7 Å². The Bertz CT molecular complexity index is 671. The van der Waals surface area contributed by atoms with Gasteiger partial charge in [0.2, 0.25) is 5.89 Å². The summed E-state index contributed by atoms with van der Waals surface area (Å²) >= 11 is 0. The number of aryl methyl sites for hydroxylation is 1. The summed E-state index contributed by atoms with van der Waals surface area (Å²) in [4.78, 5) is 15.8. The van der Waals surface area contributed by atoms with Gasteiger partial charge in [0.25, 0.3) is 0 Å². The number of rotatable bonds is 2. The summed E-state index contributed by atoms with van der Waals surface area (Å²) in [5.41, 5.74) is 0.691. The molecular formula is C14H11F2NO3. The molecule has 0 amide bonds. The van der Waals surface area contributed by atoms with Crippen molar-refractivity contribution in [3.05, 3.63) is 35.2 Å². The second kappa shape index (κ2) is 4.70. The van der Waals surface area contributed by atoms with Crippen LogP contribution in [-0.4, -0.2) is 17.9 Å². The summed E-state index contributed by atoms with van der Waals surface area (Å²) in [6.45, 7) is 0. The van der Waals surface area contributed by atoms with Crippen LogP contribution in [0.15, 0.2) is 16.5 Å². The molecule has 4 nitrogen and oxygen atoms in total. The number of ketones is 1. The topological polar surface area (TPSA) is 52.3 Å². The molecule has 0 atom stereocenters. The summed E-state index contributed by atoms with van der Waals surface area (Å²) in [5.74, 6) is -2.02. The molecule has 0 bridgehead atoms. The standard InChI is InChI=1S/C14H11F2NO3/c1-19-12-8(15)5-7(6-9(12)16)14-17-10-3-2-4-11(18)13(10)20-14/h5-6H,2-4H2,1H3. The summed E-state index contributed by atoms with van der Waals surface area (Å²) < 4.78 is 37.3. The fraction of sp³-hybridized carbons (Fsp3) is 0.286. The van der Waals surface area contributed by atoms with Crippen LogP contribution in [0.4, 0.5) is 8.78 Å². The molecule has 0 radical (unpaired) electrons. The Morgan fingerprint density at radius 3 is 2.55 bits per heavy atom. The zero-order valence-electron chi connectivity index (χ0n) is 10.7. The molecule has 0 spiro atoms. The Hall–Kier alpha value is -2.24. The van der Waals surface area contributed by atoms with Crippen molar-refractivity contribution in [1.29, 1.82) is 0 Å². The third-order valence-corrected chi connectivity index (χ3v) is 3.22. The molecule has 1 aliphatic rings. The number of methoxy groups -OCH3 is 1. The van der Waals surface area contributed by atoms with Crippen molar-refractivity contribution in [3.63, 3.8) is 0 Å². The van der Waals surface area contributed by atoms with Crippen LogP contribution in [0.25, 0.3) is 11.5 Å². The zero-order chi connectivity index (χ0) is 14.3. The summed E-state index contributed by atoms with van der Waals surface area (Å²) in [5, 5.41) is 0. The van der Waals surface area contributed by atoms with E-state index in [-0.39, 0.29) is 23.0 Å². The fourth-order valence-electron chi connectivity index (χ4n) is 2.27. The molecular weight excluding hydrogens is 268 g/mol. The molecule has 1 heterocycles. The maximum Gasteiger partial charge on any atom is 0.227 e. The summed E-state index contributed by atoms with van der Waals surface area (Å²) in [6.07, 6.45) is 1.75. The molecule has 0 fully saturated rings. The van der Waals surface area contributed by atoms with Gasteiger partial charge >= 0.3 is 0 Å². The maximum atomic E-state index is 13.7. The smallest absolute Gasteiger partial charge is 0.227 e. The number of nitrogens with zero attached hydrogens (tertiary/aromatic N) is 1. The van der Waals surface area contributed by atoms with Gasteiger partial charge in [0.05, 0.1) is 12.8 Å². The van der Waals surface area contributed by atoms with Crippen molar-refractivity contribution >= 4 is 5.78 Å². The monoisotopic (exact) mass is 279 g/mol. The van der Waals surface area contributed by atoms with Crippen LogP contribution in [0.1, 0.15) is 29.1 Å². The first-order chi connectivity index (χ1) is 9.60. The molecule has 20 heavy (non-hydrogen) atoms. The summed E-state index contributed by atoms with van der Waals surface area (Å²) in [6, 6.07) is 2.15. The van der Waals surface area contributed by atoms with E-state index in [4.69, 9.17) is 4.42 Å². The Labute approximate surface area is 113 Å². The molecule has 0 saturated heterocycles. The maximum absolute atomic E-state index is 13.7. The van der Waals surface area contributed by atoms with E-state index in [1.807, 2.05) is 0 Å². The van der Waals surface area contributed by atoms with Crippen molar-refractivity contribution in [3.8, 4) is 17.2 Å². The highest BCUT2D eigenvalue weighted by atomic mass is 19.1. The molecule has 6 heteroatoms. The van der Waals surface area contributed by atoms with Gasteiger partial charge in [-0.1, -0.05) is 0 Å². The lowest BCUT2D eigenvalue weighted by Gasteiger charge is -2.04. The minimum atomic E-state index is -0.843. The summed E-state index contributed by atoms with van der Waals surface area (Å²) in [7, 11) is 1.18. The molecule has 2 aromatic rings. The Morgan fingerprint density at radius 1 is 1.25 bits per heavy atom. The number of carbonyl (C=O) groups excluding carboxylic acids is 1. The van der Waals surface area contributed by atoms with E-state index in [9.17, 15) is 13.6 Å². The number of oxazole rings is 1. The highest BCUT2D eigenvalue weighted by molar-refractivity contribution is 5.95. The third-order valence-electron chi connectivity index (χ3n) is 3.22. The van der Waals surface area contributed by atoms with E-state index in [0.717, 1.165) is 12.1 Å². The number of fused-ring (bicyclic) bond motifs is 1. The number of aromatic nitrogens is 1. The van der Waals surface area contributed by atoms with Crippen LogP contribution in [0.5, 0.6) is 5.75 Å². The normalized spacial score (nSPS) is 14.2. The van der Waals surface area contributed by atoms with E-state index in [1.165, 1.54) is 7.11 Å². The number of hydrogen-bond acceptors (Lipinski definition) is 4. The average molecular weight is 279 g/mol. The largest absolute Gasteiger partial charge is 0.491 e. The van der Waals surface area contributed by atoms with E-state index in [0.29, 0.717) is 25.0 Å². The predicted molar refractivity (Wildman–Crippen MR) is 65.7 cm³/mol. The molecule has 0 unspecified atom stereocenters.